The van der Waals surface area contributed by atoms with E-state index in [2.05, 4.69) is 31.9 Å². The van der Waals surface area contributed by atoms with Gasteiger partial charge in [0.1, 0.15) is 6.04 Å². The standard InChI is InChI=1S/C19H20BrN3O3/c1-13(22-17(24)11-14-6-5-7-15(20)10-14)19(26)21-12-18(25)23-16-8-3-2-4-9-16/h2-10,13H,11-12H2,1H3,(H,21,26)(H,22,24)(H,23,25)/t13-/m0/s1. The highest BCUT2D eigenvalue weighted by Gasteiger charge is 2.16. The van der Waals surface area contributed by atoms with E-state index in [-0.39, 0.29) is 24.8 Å². The van der Waals surface area contributed by atoms with Crippen molar-refractivity contribution in [2.24, 2.45) is 0 Å². The van der Waals surface area contributed by atoms with Crippen molar-refractivity contribution in [1.82, 2.24) is 10.6 Å². The molecule has 0 heterocycles. The SMILES string of the molecule is C[C@H](NC(=O)Cc1cccc(Br)c1)C(=O)NCC(=O)Nc1ccccc1. The lowest BCUT2D eigenvalue weighted by Crippen LogP contribution is -2.47. The molecule has 0 bridgehead atoms. The van der Waals surface area contributed by atoms with Crippen molar-refractivity contribution in [3.05, 3.63) is 64.6 Å². The van der Waals surface area contributed by atoms with Crippen molar-refractivity contribution >= 4 is 39.3 Å². The summed E-state index contributed by atoms with van der Waals surface area (Å²) in [5, 5.41) is 7.80. The molecule has 3 amide bonds. The molecule has 0 unspecified atom stereocenters. The molecule has 2 aromatic rings. The van der Waals surface area contributed by atoms with Crippen molar-refractivity contribution < 1.29 is 14.4 Å². The van der Waals surface area contributed by atoms with E-state index in [1.54, 1.807) is 31.2 Å². The Morgan fingerprint density at radius 2 is 1.73 bits per heavy atom. The van der Waals surface area contributed by atoms with Crippen LogP contribution in [-0.2, 0) is 20.8 Å². The first-order valence-corrected chi connectivity index (χ1v) is 8.90. The summed E-state index contributed by atoms with van der Waals surface area (Å²) in [6.07, 6.45) is 0.172. The lowest BCUT2D eigenvalue weighted by molar-refractivity contribution is -0.129. The predicted molar refractivity (Wildman–Crippen MR) is 104 cm³/mol. The summed E-state index contributed by atoms with van der Waals surface area (Å²) in [6, 6.07) is 15.6. The van der Waals surface area contributed by atoms with Gasteiger partial charge in [-0.05, 0) is 36.8 Å². The van der Waals surface area contributed by atoms with Crippen molar-refractivity contribution in [3.63, 3.8) is 0 Å². The first kappa shape index (κ1) is 19.7. The maximum atomic E-state index is 12.0. The van der Waals surface area contributed by atoms with Crippen LogP contribution in [0.1, 0.15) is 12.5 Å². The van der Waals surface area contributed by atoms with Crippen LogP contribution in [0.15, 0.2) is 59.1 Å². The van der Waals surface area contributed by atoms with Crippen molar-refractivity contribution in [1.29, 1.82) is 0 Å². The van der Waals surface area contributed by atoms with Crippen molar-refractivity contribution in [2.45, 2.75) is 19.4 Å². The second-order valence-corrected chi connectivity index (χ2v) is 6.64. The van der Waals surface area contributed by atoms with Gasteiger partial charge in [-0.2, -0.15) is 0 Å². The van der Waals surface area contributed by atoms with E-state index in [1.165, 1.54) is 0 Å². The van der Waals surface area contributed by atoms with Crippen LogP contribution >= 0.6 is 15.9 Å². The molecule has 0 spiro atoms. The topological polar surface area (TPSA) is 87.3 Å². The predicted octanol–water partition coefficient (Wildman–Crippen LogP) is 2.25. The molecule has 0 radical (unpaired) electrons. The van der Waals surface area contributed by atoms with Crippen LogP contribution in [0.2, 0.25) is 0 Å². The fraction of sp³-hybridized carbons (Fsp3) is 0.211. The quantitative estimate of drug-likeness (QED) is 0.645. The molecule has 1 atom stereocenters. The number of hydrogen-bond acceptors (Lipinski definition) is 3. The van der Waals surface area contributed by atoms with E-state index in [0.717, 1.165) is 10.0 Å². The molecule has 7 heteroatoms. The first-order valence-electron chi connectivity index (χ1n) is 8.10. The Balaban J connectivity index is 1.74. The van der Waals surface area contributed by atoms with E-state index in [1.807, 2.05) is 30.3 Å². The Morgan fingerprint density at radius 3 is 2.42 bits per heavy atom. The van der Waals surface area contributed by atoms with Crippen LogP contribution in [0, 0.1) is 0 Å². The molecule has 2 rings (SSSR count). The summed E-state index contributed by atoms with van der Waals surface area (Å²) in [7, 11) is 0. The average Bonchev–Trinajstić information content (AvgIpc) is 2.60. The Kier molecular flexibility index (Phi) is 7.35. The molecular formula is C19H20BrN3O3. The molecule has 0 aliphatic heterocycles. The average molecular weight is 418 g/mol. The van der Waals surface area contributed by atoms with Gasteiger partial charge in [-0.15, -0.1) is 0 Å². The third-order valence-electron chi connectivity index (χ3n) is 3.51. The zero-order valence-electron chi connectivity index (χ0n) is 14.3. The molecule has 0 aliphatic carbocycles. The van der Waals surface area contributed by atoms with E-state index in [4.69, 9.17) is 0 Å². The number of anilines is 1. The zero-order valence-corrected chi connectivity index (χ0v) is 15.9. The fourth-order valence-electron chi connectivity index (χ4n) is 2.24. The van der Waals surface area contributed by atoms with Crippen molar-refractivity contribution in [3.8, 4) is 0 Å². The minimum Gasteiger partial charge on any atom is -0.345 e. The maximum absolute atomic E-state index is 12.0. The van der Waals surface area contributed by atoms with Gasteiger partial charge in [-0.3, -0.25) is 14.4 Å². The Hall–Kier alpha value is -2.67. The van der Waals surface area contributed by atoms with Gasteiger partial charge < -0.3 is 16.0 Å². The molecule has 0 saturated carbocycles. The van der Waals surface area contributed by atoms with Crippen LogP contribution in [-0.4, -0.2) is 30.3 Å². The molecule has 3 N–H and O–H groups in total. The molecule has 0 aliphatic rings. The monoisotopic (exact) mass is 417 g/mol. The van der Waals surface area contributed by atoms with Crippen LogP contribution < -0.4 is 16.0 Å². The Labute approximate surface area is 160 Å². The lowest BCUT2D eigenvalue weighted by atomic mass is 10.1. The first-order chi connectivity index (χ1) is 12.4. The number of carbonyl (C=O) groups excluding carboxylic acids is 3. The minimum absolute atomic E-state index is 0.167. The molecule has 0 saturated heterocycles. The highest BCUT2D eigenvalue weighted by atomic mass is 79.9. The second kappa shape index (κ2) is 9.72. The minimum atomic E-state index is -0.737. The molecule has 6 nitrogen and oxygen atoms in total. The number of amides is 3. The smallest absolute Gasteiger partial charge is 0.243 e. The zero-order chi connectivity index (χ0) is 18.9. The molecule has 0 aromatic heterocycles. The van der Waals surface area contributed by atoms with E-state index in [0.29, 0.717) is 5.69 Å². The van der Waals surface area contributed by atoms with E-state index < -0.39 is 11.9 Å². The van der Waals surface area contributed by atoms with Crippen LogP contribution in [0.4, 0.5) is 5.69 Å². The van der Waals surface area contributed by atoms with Gasteiger partial charge in [0, 0.05) is 10.2 Å². The number of hydrogen-bond donors (Lipinski definition) is 3. The second-order valence-electron chi connectivity index (χ2n) is 5.73. The third kappa shape index (κ3) is 6.68. The number of benzene rings is 2. The summed E-state index contributed by atoms with van der Waals surface area (Å²) < 4.78 is 0.887. The normalized spacial score (nSPS) is 11.3. The number of rotatable bonds is 7. The van der Waals surface area contributed by atoms with Crippen LogP contribution in [0.5, 0.6) is 0 Å². The third-order valence-corrected chi connectivity index (χ3v) is 4.00. The Bertz CT molecular complexity index is 781. The molecular weight excluding hydrogens is 398 g/mol. The molecule has 136 valence electrons. The number of halogens is 1. The summed E-state index contributed by atoms with van der Waals surface area (Å²) in [5.41, 5.74) is 1.49. The summed E-state index contributed by atoms with van der Waals surface area (Å²) in [6.45, 7) is 1.41. The number of para-hydroxylation sites is 1. The highest BCUT2D eigenvalue weighted by Crippen LogP contribution is 2.12. The lowest BCUT2D eigenvalue weighted by Gasteiger charge is -2.14. The van der Waals surface area contributed by atoms with E-state index in [9.17, 15) is 14.4 Å². The largest absolute Gasteiger partial charge is 0.345 e. The molecule has 0 fully saturated rings. The van der Waals surface area contributed by atoms with Gasteiger partial charge in [0.2, 0.25) is 17.7 Å². The maximum Gasteiger partial charge on any atom is 0.243 e. The van der Waals surface area contributed by atoms with Gasteiger partial charge in [0.25, 0.3) is 0 Å². The number of nitrogens with one attached hydrogen (secondary N) is 3. The molecule has 2 aromatic carbocycles. The van der Waals surface area contributed by atoms with Gasteiger partial charge in [-0.25, -0.2) is 0 Å². The van der Waals surface area contributed by atoms with Gasteiger partial charge in [0.15, 0.2) is 0 Å². The number of carbonyl (C=O) groups is 3. The Morgan fingerprint density at radius 1 is 1.00 bits per heavy atom. The summed E-state index contributed by atoms with van der Waals surface area (Å²) in [4.78, 5) is 35.9. The van der Waals surface area contributed by atoms with Crippen LogP contribution in [0.25, 0.3) is 0 Å². The fourth-order valence-corrected chi connectivity index (χ4v) is 2.68. The molecule has 26 heavy (non-hydrogen) atoms. The van der Waals surface area contributed by atoms with Crippen molar-refractivity contribution in [2.75, 3.05) is 11.9 Å². The summed E-state index contributed by atoms with van der Waals surface area (Å²) >= 11 is 3.35. The van der Waals surface area contributed by atoms with Gasteiger partial charge in [-0.1, -0.05) is 46.3 Å². The highest BCUT2D eigenvalue weighted by molar-refractivity contribution is 9.10. The van der Waals surface area contributed by atoms with Gasteiger partial charge >= 0.3 is 0 Å². The van der Waals surface area contributed by atoms with Gasteiger partial charge in [0.05, 0.1) is 13.0 Å². The van der Waals surface area contributed by atoms with E-state index >= 15 is 0 Å². The summed E-state index contributed by atoms with van der Waals surface area (Å²) in [5.74, 6) is -1.02. The van der Waals surface area contributed by atoms with Crippen LogP contribution in [0.3, 0.4) is 0 Å².